The van der Waals surface area contributed by atoms with E-state index in [2.05, 4.69) is 27.6 Å². The summed E-state index contributed by atoms with van der Waals surface area (Å²) in [6, 6.07) is 9.82. The summed E-state index contributed by atoms with van der Waals surface area (Å²) in [6.07, 6.45) is 0.966. The molecule has 1 fully saturated rings. The third-order valence-corrected chi connectivity index (χ3v) is 6.00. The van der Waals surface area contributed by atoms with Crippen molar-refractivity contribution in [1.29, 1.82) is 0 Å². The van der Waals surface area contributed by atoms with Crippen LogP contribution < -0.4 is 5.32 Å². The summed E-state index contributed by atoms with van der Waals surface area (Å²) in [5, 5.41) is 20.3. The zero-order chi connectivity index (χ0) is 17.6. The molecule has 1 aliphatic heterocycles. The highest BCUT2D eigenvalue weighted by atomic mass is 32.2. The monoisotopic (exact) mass is 378 g/mol. The Labute approximate surface area is 153 Å². The minimum Gasteiger partial charge on any atom is -0.481 e. The van der Waals surface area contributed by atoms with Crippen molar-refractivity contribution in [2.24, 2.45) is 5.92 Å². The molecule has 25 heavy (non-hydrogen) atoms. The molecule has 2 heterocycles. The van der Waals surface area contributed by atoms with E-state index in [0.29, 0.717) is 31.1 Å². The fourth-order valence-corrected chi connectivity index (χ4v) is 4.24. The van der Waals surface area contributed by atoms with Crippen LogP contribution in [-0.4, -0.2) is 45.3 Å². The van der Waals surface area contributed by atoms with Crippen LogP contribution in [0.25, 0.3) is 0 Å². The Balaban J connectivity index is 1.48. The van der Waals surface area contributed by atoms with Gasteiger partial charge in [0.1, 0.15) is 0 Å². The number of hydrogen-bond acceptors (Lipinski definition) is 6. The molecule has 9 heteroatoms. The first kappa shape index (κ1) is 17.7. The minimum atomic E-state index is -0.788. The van der Waals surface area contributed by atoms with E-state index in [0.717, 1.165) is 10.1 Å². The number of urea groups is 1. The number of aliphatic carboxylic acids is 1. The lowest BCUT2D eigenvalue weighted by molar-refractivity contribution is -0.143. The highest BCUT2D eigenvalue weighted by molar-refractivity contribution is 8.00. The quantitative estimate of drug-likeness (QED) is 0.613. The van der Waals surface area contributed by atoms with Crippen molar-refractivity contribution in [3.8, 4) is 0 Å². The number of aromatic nitrogens is 2. The summed E-state index contributed by atoms with van der Waals surface area (Å²) in [4.78, 5) is 24.8. The standard InChI is InChI=1S/C16H18N4O3S2/c21-13(22)12-6-8-20(9-7-12)15(23)17-14-18-19-16(25-14)24-10-11-4-2-1-3-5-11/h1-5,12H,6-10H2,(H,21,22)(H,17,18,23). The number of hydrogen-bond donors (Lipinski definition) is 2. The summed E-state index contributed by atoms with van der Waals surface area (Å²) >= 11 is 2.91. The number of nitrogens with one attached hydrogen (secondary N) is 1. The Morgan fingerprint density at radius 3 is 2.64 bits per heavy atom. The smallest absolute Gasteiger partial charge is 0.323 e. The lowest BCUT2D eigenvalue weighted by atomic mass is 9.97. The van der Waals surface area contributed by atoms with Gasteiger partial charge in [0.15, 0.2) is 4.34 Å². The molecule has 1 aromatic carbocycles. The van der Waals surface area contributed by atoms with Gasteiger partial charge in [0.2, 0.25) is 5.13 Å². The first-order chi connectivity index (χ1) is 12.1. The Hall–Kier alpha value is -2.13. The molecule has 1 aliphatic rings. The van der Waals surface area contributed by atoms with E-state index in [1.165, 1.54) is 16.9 Å². The van der Waals surface area contributed by atoms with Gasteiger partial charge in [0, 0.05) is 18.8 Å². The maximum absolute atomic E-state index is 12.2. The fraction of sp³-hybridized carbons (Fsp3) is 0.375. The molecule has 2 amide bonds. The molecular formula is C16H18N4O3S2. The Kier molecular flexibility index (Phi) is 5.87. The molecule has 2 aromatic rings. The molecular weight excluding hydrogens is 360 g/mol. The first-order valence-corrected chi connectivity index (χ1v) is 9.71. The molecule has 0 saturated carbocycles. The fourth-order valence-electron chi connectivity index (χ4n) is 2.54. The van der Waals surface area contributed by atoms with Gasteiger partial charge in [-0.3, -0.25) is 10.1 Å². The Morgan fingerprint density at radius 1 is 1.24 bits per heavy atom. The van der Waals surface area contributed by atoms with Crippen molar-refractivity contribution in [1.82, 2.24) is 15.1 Å². The number of rotatable bonds is 5. The van der Waals surface area contributed by atoms with Gasteiger partial charge in [-0.1, -0.05) is 53.4 Å². The summed E-state index contributed by atoms with van der Waals surface area (Å²) in [5.74, 6) is -0.345. The molecule has 0 atom stereocenters. The SMILES string of the molecule is O=C(O)C1CCN(C(=O)Nc2nnc(SCc3ccccc3)s2)CC1. The van der Waals surface area contributed by atoms with Crippen molar-refractivity contribution in [3.05, 3.63) is 35.9 Å². The molecule has 1 aromatic heterocycles. The van der Waals surface area contributed by atoms with Gasteiger partial charge in [-0.15, -0.1) is 10.2 Å². The number of benzene rings is 1. The highest BCUT2D eigenvalue weighted by Gasteiger charge is 2.27. The van der Waals surface area contributed by atoms with E-state index in [1.54, 1.807) is 16.7 Å². The number of piperidine rings is 1. The number of carbonyl (C=O) groups is 2. The van der Waals surface area contributed by atoms with Crippen molar-refractivity contribution in [2.45, 2.75) is 22.9 Å². The van der Waals surface area contributed by atoms with E-state index in [1.807, 2.05) is 18.2 Å². The number of likely N-dealkylation sites (tertiary alicyclic amines) is 1. The minimum absolute atomic E-state index is 0.250. The van der Waals surface area contributed by atoms with E-state index in [4.69, 9.17) is 5.11 Å². The average molecular weight is 378 g/mol. The van der Waals surface area contributed by atoms with Crippen molar-refractivity contribution in [3.63, 3.8) is 0 Å². The second-order valence-electron chi connectivity index (χ2n) is 5.68. The van der Waals surface area contributed by atoms with Crippen molar-refractivity contribution >= 4 is 40.2 Å². The predicted octanol–water partition coefficient (Wildman–Crippen LogP) is 3.16. The lowest BCUT2D eigenvalue weighted by Gasteiger charge is -2.29. The Morgan fingerprint density at radius 2 is 1.96 bits per heavy atom. The number of nitrogens with zero attached hydrogens (tertiary/aromatic N) is 3. The molecule has 7 nitrogen and oxygen atoms in total. The number of anilines is 1. The van der Waals surface area contributed by atoms with Crippen LogP contribution in [-0.2, 0) is 10.5 Å². The van der Waals surface area contributed by atoms with Gasteiger partial charge in [-0.2, -0.15) is 0 Å². The topological polar surface area (TPSA) is 95.4 Å². The number of amides is 2. The molecule has 1 saturated heterocycles. The number of carboxylic acid groups (broad SMARTS) is 1. The van der Waals surface area contributed by atoms with Crippen LogP contribution in [0, 0.1) is 5.92 Å². The Bertz CT molecular complexity index is 730. The van der Waals surface area contributed by atoms with Gasteiger partial charge in [0.25, 0.3) is 0 Å². The summed E-state index contributed by atoms with van der Waals surface area (Å²) in [5.41, 5.74) is 1.20. The summed E-state index contributed by atoms with van der Waals surface area (Å²) in [7, 11) is 0. The van der Waals surface area contributed by atoms with Crippen LogP contribution in [0.2, 0.25) is 0 Å². The third-order valence-electron chi connectivity index (χ3n) is 3.96. The van der Waals surface area contributed by atoms with Crippen LogP contribution in [0.5, 0.6) is 0 Å². The summed E-state index contributed by atoms with van der Waals surface area (Å²) < 4.78 is 0.795. The molecule has 3 rings (SSSR count). The summed E-state index contributed by atoms with van der Waals surface area (Å²) in [6.45, 7) is 0.883. The highest BCUT2D eigenvalue weighted by Crippen LogP contribution is 2.28. The molecule has 0 unspecified atom stereocenters. The molecule has 0 bridgehead atoms. The van der Waals surface area contributed by atoms with E-state index < -0.39 is 5.97 Å². The van der Waals surface area contributed by atoms with Crippen LogP contribution in [0.1, 0.15) is 18.4 Å². The number of carboxylic acids is 1. The second kappa shape index (κ2) is 8.30. The predicted molar refractivity (Wildman–Crippen MR) is 96.9 cm³/mol. The van der Waals surface area contributed by atoms with E-state index in [9.17, 15) is 9.59 Å². The van der Waals surface area contributed by atoms with Gasteiger partial charge in [-0.05, 0) is 18.4 Å². The van der Waals surface area contributed by atoms with Crippen LogP contribution in [0.15, 0.2) is 34.7 Å². The van der Waals surface area contributed by atoms with Crippen molar-refractivity contribution < 1.29 is 14.7 Å². The maximum Gasteiger partial charge on any atom is 0.323 e. The average Bonchev–Trinajstić information content (AvgIpc) is 3.08. The van der Waals surface area contributed by atoms with Crippen LogP contribution in [0.4, 0.5) is 9.93 Å². The van der Waals surface area contributed by atoms with Gasteiger partial charge >= 0.3 is 12.0 Å². The lowest BCUT2D eigenvalue weighted by Crippen LogP contribution is -2.42. The largest absolute Gasteiger partial charge is 0.481 e. The molecule has 0 spiro atoms. The third kappa shape index (κ3) is 4.93. The first-order valence-electron chi connectivity index (χ1n) is 7.91. The van der Waals surface area contributed by atoms with E-state index >= 15 is 0 Å². The van der Waals surface area contributed by atoms with Crippen molar-refractivity contribution in [2.75, 3.05) is 18.4 Å². The second-order valence-corrected chi connectivity index (χ2v) is 7.88. The number of thioether (sulfide) groups is 1. The molecule has 0 aliphatic carbocycles. The normalized spacial score (nSPS) is 15.1. The van der Waals surface area contributed by atoms with Gasteiger partial charge < -0.3 is 10.0 Å². The molecule has 0 radical (unpaired) electrons. The molecule has 132 valence electrons. The zero-order valence-corrected chi connectivity index (χ0v) is 15.1. The van der Waals surface area contributed by atoms with Gasteiger partial charge in [-0.25, -0.2) is 4.79 Å². The van der Waals surface area contributed by atoms with E-state index in [-0.39, 0.29) is 11.9 Å². The maximum atomic E-state index is 12.2. The van der Waals surface area contributed by atoms with Gasteiger partial charge in [0.05, 0.1) is 5.92 Å². The number of carbonyl (C=O) groups excluding carboxylic acids is 1. The van der Waals surface area contributed by atoms with Crippen LogP contribution in [0.3, 0.4) is 0 Å². The van der Waals surface area contributed by atoms with Crippen LogP contribution >= 0.6 is 23.1 Å². The molecule has 2 N–H and O–H groups in total. The zero-order valence-electron chi connectivity index (χ0n) is 13.4.